The molecule has 2 aromatic rings. The van der Waals surface area contributed by atoms with Gasteiger partial charge in [-0.25, -0.2) is 0 Å². The third kappa shape index (κ3) is 4.07. The van der Waals surface area contributed by atoms with Gasteiger partial charge in [0.05, 0.1) is 6.61 Å². The monoisotopic (exact) mass is 285 g/mol. The highest BCUT2D eigenvalue weighted by molar-refractivity contribution is 5.94. The second-order valence-corrected chi connectivity index (χ2v) is 4.99. The summed E-state index contributed by atoms with van der Waals surface area (Å²) in [6, 6.07) is 14.4. The number of phenolic OH excluding ortho intramolecular Hbond substituents is 1. The van der Waals surface area contributed by atoms with Gasteiger partial charge >= 0.3 is 0 Å². The Hall–Kier alpha value is -2.33. The van der Waals surface area contributed by atoms with Crippen LogP contribution in [0.15, 0.2) is 48.5 Å². The first-order valence-electron chi connectivity index (χ1n) is 6.85. The second-order valence-electron chi connectivity index (χ2n) is 4.99. The zero-order valence-corrected chi connectivity index (χ0v) is 12.0. The van der Waals surface area contributed by atoms with Crippen molar-refractivity contribution in [3.63, 3.8) is 0 Å². The molecular weight excluding hydrogens is 266 g/mol. The average Bonchev–Trinajstić information content (AvgIpc) is 2.46. The molecular formula is C17H19NO3. The summed E-state index contributed by atoms with van der Waals surface area (Å²) in [5.41, 5.74) is 2.25. The van der Waals surface area contributed by atoms with Gasteiger partial charge in [-0.05, 0) is 36.2 Å². The molecule has 4 heteroatoms. The van der Waals surface area contributed by atoms with E-state index in [1.807, 2.05) is 37.3 Å². The molecule has 0 saturated heterocycles. The van der Waals surface area contributed by atoms with Crippen molar-refractivity contribution in [1.29, 1.82) is 0 Å². The Morgan fingerprint density at radius 3 is 2.48 bits per heavy atom. The van der Waals surface area contributed by atoms with E-state index in [9.17, 15) is 15.0 Å². The number of aromatic hydroxyl groups is 1. The highest BCUT2D eigenvalue weighted by Gasteiger charge is 2.16. The normalized spacial score (nSPS) is 10.4. The van der Waals surface area contributed by atoms with Crippen molar-refractivity contribution in [2.24, 2.45) is 0 Å². The molecule has 0 fully saturated rings. The van der Waals surface area contributed by atoms with Gasteiger partial charge in [0.2, 0.25) is 0 Å². The van der Waals surface area contributed by atoms with E-state index in [1.54, 1.807) is 17.0 Å². The molecule has 2 N–H and O–H groups in total. The van der Waals surface area contributed by atoms with Gasteiger partial charge in [0, 0.05) is 18.7 Å². The van der Waals surface area contributed by atoms with Crippen molar-refractivity contribution in [2.75, 3.05) is 13.2 Å². The third-order valence-electron chi connectivity index (χ3n) is 3.18. The van der Waals surface area contributed by atoms with Crippen LogP contribution in [0, 0.1) is 6.92 Å². The lowest BCUT2D eigenvalue weighted by atomic mass is 10.1. The van der Waals surface area contributed by atoms with Crippen molar-refractivity contribution in [3.8, 4) is 5.75 Å². The molecule has 2 rings (SSSR count). The number of aryl methyl sites for hydroxylation is 1. The van der Waals surface area contributed by atoms with Crippen LogP contribution in [0.3, 0.4) is 0 Å². The van der Waals surface area contributed by atoms with Crippen molar-refractivity contribution in [3.05, 3.63) is 65.2 Å². The molecule has 4 nitrogen and oxygen atoms in total. The number of benzene rings is 2. The van der Waals surface area contributed by atoms with Gasteiger partial charge in [-0.2, -0.15) is 0 Å². The fourth-order valence-electron chi connectivity index (χ4n) is 2.25. The number of hydrogen-bond acceptors (Lipinski definition) is 3. The standard InChI is InChI=1S/C17H19NO3/c1-13-9-15(11-16(20)10-13)17(21)18(7-8-19)12-14-5-3-2-4-6-14/h2-6,9-11,19-20H,7-8,12H2,1H3. The zero-order chi connectivity index (χ0) is 15.2. The molecule has 0 radical (unpaired) electrons. The van der Waals surface area contributed by atoms with Crippen LogP contribution in [0.5, 0.6) is 5.75 Å². The minimum Gasteiger partial charge on any atom is -0.508 e. The summed E-state index contributed by atoms with van der Waals surface area (Å²) in [4.78, 5) is 14.1. The lowest BCUT2D eigenvalue weighted by molar-refractivity contribution is 0.0707. The number of phenols is 1. The minimum atomic E-state index is -0.202. The molecule has 110 valence electrons. The number of hydrogen-bond donors (Lipinski definition) is 2. The first-order valence-corrected chi connectivity index (χ1v) is 6.85. The van der Waals surface area contributed by atoms with Crippen LogP contribution in [-0.4, -0.2) is 34.2 Å². The van der Waals surface area contributed by atoms with E-state index in [0.29, 0.717) is 12.1 Å². The topological polar surface area (TPSA) is 60.8 Å². The van der Waals surface area contributed by atoms with Gasteiger partial charge in [-0.1, -0.05) is 30.3 Å². The maximum atomic E-state index is 12.5. The van der Waals surface area contributed by atoms with Gasteiger partial charge in [-0.3, -0.25) is 4.79 Å². The van der Waals surface area contributed by atoms with E-state index in [2.05, 4.69) is 0 Å². The largest absolute Gasteiger partial charge is 0.508 e. The molecule has 2 aromatic carbocycles. The van der Waals surface area contributed by atoms with Crippen LogP contribution in [0.25, 0.3) is 0 Å². The fourth-order valence-corrected chi connectivity index (χ4v) is 2.25. The Labute approximate surface area is 124 Å². The lowest BCUT2D eigenvalue weighted by Crippen LogP contribution is -2.33. The predicted octanol–water partition coefficient (Wildman–Crippen LogP) is 2.34. The molecule has 0 bridgehead atoms. The summed E-state index contributed by atoms with van der Waals surface area (Å²) in [5, 5.41) is 18.8. The van der Waals surface area contributed by atoms with Crippen LogP contribution in [-0.2, 0) is 6.54 Å². The molecule has 0 heterocycles. The van der Waals surface area contributed by atoms with Gasteiger partial charge in [0.1, 0.15) is 5.75 Å². The zero-order valence-electron chi connectivity index (χ0n) is 12.0. The van der Waals surface area contributed by atoms with Gasteiger partial charge < -0.3 is 15.1 Å². The molecule has 0 spiro atoms. The lowest BCUT2D eigenvalue weighted by Gasteiger charge is -2.22. The summed E-state index contributed by atoms with van der Waals surface area (Å²) in [5.74, 6) is -0.131. The maximum Gasteiger partial charge on any atom is 0.254 e. The fraction of sp³-hybridized carbons (Fsp3) is 0.235. The SMILES string of the molecule is Cc1cc(O)cc(C(=O)N(CCO)Cc2ccccc2)c1. The van der Waals surface area contributed by atoms with E-state index in [-0.39, 0.29) is 24.8 Å². The van der Waals surface area contributed by atoms with Gasteiger partial charge in [-0.15, -0.1) is 0 Å². The molecule has 0 atom stereocenters. The summed E-state index contributed by atoms with van der Waals surface area (Å²) in [7, 11) is 0. The minimum absolute atomic E-state index is 0.0713. The van der Waals surface area contributed by atoms with Crippen LogP contribution < -0.4 is 0 Å². The number of carbonyl (C=O) groups is 1. The van der Waals surface area contributed by atoms with Crippen molar-refractivity contribution < 1.29 is 15.0 Å². The van der Waals surface area contributed by atoms with Crippen molar-refractivity contribution in [2.45, 2.75) is 13.5 Å². The van der Waals surface area contributed by atoms with E-state index >= 15 is 0 Å². The van der Waals surface area contributed by atoms with E-state index < -0.39 is 0 Å². The average molecular weight is 285 g/mol. The van der Waals surface area contributed by atoms with Crippen LogP contribution in [0.2, 0.25) is 0 Å². The molecule has 0 aliphatic heterocycles. The quantitative estimate of drug-likeness (QED) is 0.886. The summed E-state index contributed by atoms with van der Waals surface area (Å²) >= 11 is 0. The Bertz CT molecular complexity index is 590. The first kappa shape index (κ1) is 15.1. The molecule has 0 unspecified atom stereocenters. The summed E-state index contributed by atoms with van der Waals surface area (Å²) in [6.07, 6.45) is 0. The van der Waals surface area contributed by atoms with Gasteiger partial charge in [0.25, 0.3) is 5.91 Å². The number of carbonyl (C=O) groups excluding carboxylic acids is 1. The molecule has 0 aliphatic carbocycles. The van der Waals surface area contributed by atoms with Crippen LogP contribution in [0.1, 0.15) is 21.5 Å². The van der Waals surface area contributed by atoms with Crippen molar-refractivity contribution >= 4 is 5.91 Å². The Balaban J connectivity index is 2.22. The molecule has 0 aliphatic rings. The summed E-state index contributed by atoms with van der Waals surface area (Å²) < 4.78 is 0. The molecule has 0 aromatic heterocycles. The molecule has 21 heavy (non-hydrogen) atoms. The highest BCUT2D eigenvalue weighted by atomic mass is 16.3. The number of aliphatic hydroxyl groups excluding tert-OH is 1. The second kappa shape index (κ2) is 6.90. The maximum absolute atomic E-state index is 12.5. The van der Waals surface area contributed by atoms with E-state index in [1.165, 1.54) is 6.07 Å². The van der Waals surface area contributed by atoms with E-state index in [4.69, 9.17) is 0 Å². The van der Waals surface area contributed by atoms with Crippen LogP contribution >= 0.6 is 0 Å². The van der Waals surface area contributed by atoms with Gasteiger partial charge in [0.15, 0.2) is 0 Å². The number of aliphatic hydroxyl groups is 1. The molecule has 0 saturated carbocycles. The number of nitrogens with zero attached hydrogens (tertiary/aromatic N) is 1. The molecule has 1 amide bonds. The predicted molar refractivity (Wildman–Crippen MR) is 81.1 cm³/mol. The van der Waals surface area contributed by atoms with Crippen LogP contribution in [0.4, 0.5) is 0 Å². The summed E-state index contributed by atoms with van der Waals surface area (Å²) in [6.45, 7) is 2.40. The number of amides is 1. The van der Waals surface area contributed by atoms with Crippen molar-refractivity contribution in [1.82, 2.24) is 4.90 Å². The Morgan fingerprint density at radius 2 is 1.86 bits per heavy atom. The highest BCUT2D eigenvalue weighted by Crippen LogP contribution is 2.17. The number of rotatable bonds is 5. The Kier molecular flexibility index (Phi) is 4.95. The smallest absolute Gasteiger partial charge is 0.254 e. The first-order chi connectivity index (χ1) is 10.1. The third-order valence-corrected chi connectivity index (χ3v) is 3.18. The Morgan fingerprint density at radius 1 is 1.14 bits per heavy atom. The van der Waals surface area contributed by atoms with E-state index in [0.717, 1.165) is 11.1 Å².